The molecule has 0 aliphatic heterocycles. The van der Waals surface area contributed by atoms with Crippen molar-refractivity contribution in [3.05, 3.63) is 51.2 Å². The molecule has 1 aromatic heterocycles. The van der Waals surface area contributed by atoms with Crippen LogP contribution in [0.3, 0.4) is 0 Å². The molecule has 130 valence electrons. The Morgan fingerprint density at radius 2 is 1.84 bits per heavy atom. The summed E-state index contributed by atoms with van der Waals surface area (Å²) in [5.41, 5.74) is 4.32. The van der Waals surface area contributed by atoms with Gasteiger partial charge in [0.15, 0.2) is 0 Å². The molecular formula is C20H22N2O2S. The van der Waals surface area contributed by atoms with Gasteiger partial charge >= 0.3 is 0 Å². The van der Waals surface area contributed by atoms with E-state index >= 15 is 0 Å². The number of benzene rings is 1. The highest BCUT2D eigenvalue weighted by Gasteiger charge is 2.23. The van der Waals surface area contributed by atoms with Crippen molar-refractivity contribution < 1.29 is 9.59 Å². The summed E-state index contributed by atoms with van der Waals surface area (Å²) in [5.74, 6) is 0.0527. The summed E-state index contributed by atoms with van der Waals surface area (Å²) in [7, 11) is 0. The molecule has 0 atom stereocenters. The molecule has 0 unspecified atom stereocenters. The topological polar surface area (TPSA) is 58.2 Å². The largest absolute Gasteiger partial charge is 0.353 e. The lowest BCUT2D eigenvalue weighted by molar-refractivity contribution is -0.120. The predicted octanol–water partition coefficient (Wildman–Crippen LogP) is 3.70. The smallest absolute Gasteiger partial charge is 0.266 e. The first-order valence-electron chi connectivity index (χ1n) is 8.98. The Morgan fingerprint density at radius 1 is 1.08 bits per heavy atom. The number of carbonyl (C=O) groups excluding carboxylic acids is 2. The summed E-state index contributed by atoms with van der Waals surface area (Å²) in [6.45, 7) is 0. The molecule has 1 heterocycles. The third-order valence-electron chi connectivity index (χ3n) is 4.83. The molecule has 5 heteroatoms. The molecule has 2 N–H and O–H groups in total. The van der Waals surface area contributed by atoms with Crippen LogP contribution in [0.1, 0.15) is 52.0 Å². The normalized spacial score (nSPS) is 16.2. The second-order valence-electron chi connectivity index (χ2n) is 6.95. The molecule has 1 fully saturated rings. The van der Waals surface area contributed by atoms with Crippen molar-refractivity contribution in [3.63, 3.8) is 0 Å². The van der Waals surface area contributed by atoms with Gasteiger partial charge in [-0.2, -0.15) is 0 Å². The summed E-state index contributed by atoms with van der Waals surface area (Å²) >= 11 is 1.55. The number of hydrogen-bond donors (Lipinski definition) is 2. The molecule has 0 bridgehead atoms. The van der Waals surface area contributed by atoms with E-state index in [4.69, 9.17) is 0 Å². The third-order valence-corrected chi connectivity index (χ3v) is 5.90. The quantitative estimate of drug-likeness (QED) is 0.860. The molecule has 4 rings (SSSR count). The fraction of sp³-hybridized carbons (Fsp3) is 0.400. The molecule has 0 saturated heterocycles. The number of carbonyl (C=O) groups is 2. The van der Waals surface area contributed by atoms with Crippen LogP contribution in [0.4, 0.5) is 5.69 Å². The number of thiophene rings is 1. The number of fused-ring (bicyclic) bond motifs is 1. The third kappa shape index (κ3) is 3.93. The molecule has 0 spiro atoms. The highest BCUT2D eigenvalue weighted by atomic mass is 32.1. The van der Waals surface area contributed by atoms with Crippen molar-refractivity contribution in [1.29, 1.82) is 0 Å². The lowest BCUT2D eigenvalue weighted by Crippen LogP contribution is -2.26. The van der Waals surface area contributed by atoms with Gasteiger partial charge in [0.1, 0.15) is 0 Å². The zero-order chi connectivity index (χ0) is 17.2. The van der Waals surface area contributed by atoms with Crippen molar-refractivity contribution in [1.82, 2.24) is 5.32 Å². The Labute approximate surface area is 151 Å². The van der Waals surface area contributed by atoms with E-state index in [-0.39, 0.29) is 11.8 Å². The first-order valence-corrected chi connectivity index (χ1v) is 9.86. The molecule has 1 saturated carbocycles. The van der Waals surface area contributed by atoms with Gasteiger partial charge in [-0.1, -0.05) is 12.1 Å². The van der Waals surface area contributed by atoms with Gasteiger partial charge < -0.3 is 10.6 Å². The van der Waals surface area contributed by atoms with Crippen LogP contribution in [-0.2, 0) is 24.1 Å². The van der Waals surface area contributed by atoms with Gasteiger partial charge in [-0.3, -0.25) is 9.59 Å². The number of nitrogens with one attached hydrogen (secondary N) is 2. The highest BCUT2D eigenvalue weighted by molar-refractivity contribution is 7.12. The maximum absolute atomic E-state index is 12.6. The first-order chi connectivity index (χ1) is 12.2. The minimum atomic E-state index is -0.0209. The monoisotopic (exact) mass is 354 g/mol. The van der Waals surface area contributed by atoms with Gasteiger partial charge in [0, 0.05) is 11.7 Å². The molecule has 25 heavy (non-hydrogen) atoms. The van der Waals surface area contributed by atoms with Crippen LogP contribution in [0.25, 0.3) is 0 Å². The summed E-state index contributed by atoms with van der Waals surface area (Å²) in [4.78, 5) is 25.3. The number of amides is 2. The number of hydrogen-bond acceptors (Lipinski definition) is 3. The van der Waals surface area contributed by atoms with Gasteiger partial charge in [0.2, 0.25) is 5.91 Å². The van der Waals surface area contributed by atoms with E-state index in [9.17, 15) is 9.59 Å². The lowest BCUT2D eigenvalue weighted by Gasteiger charge is -2.13. The van der Waals surface area contributed by atoms with Crippen LogP contribution < -0.4 is 10.6 Å². The van der Waals surface area contributed by atoms with E-state index in [0.717, 1.165) is 41.8 Å². The van der Waals surface area contributed by atoms with Crippen LogP contribution in [0, 0.1) is 0 Å². The Bertz CT molecular complexity index is 791. The molecule has 2 aliphatic rings. The van der Waals surface area contributed by atoms with Crippen LogP contribution in [0.2, 0.25) is 0 Å². The van der Waals surface area contributed by atoms with Crippen molar-refractivity contribution >= 4 is 28.8 Å². The van der Waals surface area contributed by atoms with E-state index in [0.29, 0.717) is 12.5 Å². The van der Waals surface area contributed by atoms with E-state index in [1.165, 1.54) is 24.0 Å². The molecule has 2 amide bonds. The molecule has 2 aliphatic carbocycles. The van der Waals surface area contributed by atoms with Gasteiger partial charge in [0.25, 0.3) is 5.91 Å². The lowest BCUT2D eigenvalue weighted by atomic mass is 9.94. The molecule has 2 aromatic rings. The molecular weight excluding hydrogens is 332 g/mol. The van der Waals surface area contributed by atoms with Crippen LogP contribution in [0.5, 0.6) is 0 Å². The van der Waals surface area contributed by atoms with Crippen LogP contribution >= 0.6 is 11.3 Å². The summed E-state index contributed by atoms with van der Waals surface area (Å²) in [6, 6.07) is 7.95. The highest BCUT2D eigenvalue weighted by Crippen LogP contribution is 2.30. The standard InChI is InChI=1S/C20H22N2O2S/c23-18(21-15-9-10-15)11-13-5-7-16(8-6-13)22-20(24)19-17-4-2-1-3-14(17)12-25-19/h5-8,12,15H,1-4,9-11H2,(H,21,23)(H,22,24). The van der Waals surface area contributed by atoms with E-state index in [1.54, 1.807) is 11.3 Å². The van der Waals surface area contributed by atoms with Crippen LogP contribution in [0.15, 0.2) is 29.6 Å². The average Bonchev–Trinajstić information content (AvgIpc) is 3.31. The summed E-state index contributed by atoms with van der Waals surface area (Å²) in [6.07, 6.45) is 7.09. The maximum Gasteiger partial charge on any atom is 0.266 e. The van der Waals surface area contributed by atoms with Crippen molar-refractivity contribution in [2.75, 3.05) is 5.32 Å². The zero-order valence-electron chi connectivity index (χ0n) is 14.1. The Morgan fingerprint density at radius 3 is 2.60 bits per heavy atom. The van der Waals surface area contributed by atoms with Crippen molar-refractivity contribution in [2.24, 2.45) is 0 Å². The predicted molar refractivity (Wildman–Crippen MR) is 100 cm³/mol. The van der Waals surface area contributed by atoms with Crippen LogP contribution in [-0.4, -0.2) is 17.9 Å². The SMILES string of the molecule is O=C(Cc1ccc(NC(=O)c2scc3c2CCCC3)cc1)NC1CC1. The van der Waals surface area contributed by atoms with E-state index < -0.39 is 0 Å². The average molecular weight is 354 g/mol. The second kappa shape index (κ2) is 7.00. The Balaban J connectivity index is 1.38. The van der Waals surface area contributed by atoms with E-state index in [2.05, 4.69) is 16.0 Å². The van der Waals surface area contributed by atoms with E-state index in [1.807, 2.05) is 24.3 Å². The Kier molecular flexibility index (Phi) is 4.57. The van der Waals surface area contributed by atoms with Gasteiger partial charge in [0.05, 0.1) is 11.3 Å². The number of rotatable bonds is 5. The molecule has 1 aromatic carbocycles. The van der Waals surface area contributed by atoms with Crippen molar-refractivity contribution in [2.45, 2.75) is 51.0 Å². The fourth-order valence-corrected chi connectivity index (χ4v) is 4.35. The van der Waals surface area contributed by atoms with Gasteiger partial charge in [-0.15, -0.1) is 11.3 Å². The van der Waals surface area contributed by atoms with Gasteiger partial charge in [-0.05, 0) is 72.7 Å². The maximum atomic E-state index is 12.6. The summed E-state index contributed by atoms with van der Waals surface area (Å²) < 4.78 is 0. The zero-order valence-corrected chi connectivity index (χ0v) is 15.0. The Hall–Kier alpha value is -2.14. The fourth-order valence-electron chi connectivity index (χ4n) is 3.30. The molecule has 4 nitrogen and oxygen atoms in total. The second-order valence-corrected chi connectivity index (χ2v) is 7.82. The van der Waals surface area contributed by atoms with Gasteiger partial charge in [-0.25, -0.2) is 0 Å². The van der Waals surface area contributed by atoms with Crippen molar-refractivity contribution in [3.8, 4) is 0 Å². The first kappa shape index (κ1) is 16.3. The number of aryl methyl sites for hydroxylation is 1. The minimum Gasteiger partial charge on any atom is -0.353 e. The summed E-state index contributed by atoms with van der Waals surface area (Å²) in [5, 5.41) is 8.11. The number of anilines is 1. The minimum absolute atomic E-state index is 0.0209. The molecule has 0 radical (unpaired) electrons.